The fourth-order valence-electron chi connectivity index (χ4n) is 1.60. The van der Waals surface area contributed by atoms with Crippen LogP contribution in [-0.4, -0.2) is 36.4 Å². The van der Waals surface area contributed by atoms with Crippen molar-refractivity contribution in [1.82, 2.24) is 5.32 Å². The van der Waals surface area contributed by atoms with Crippen LogP contribution in [0.4, 0.5) is 5.69 Å². The van der Waals surface area contributed by atoms with Gasteiger partial charge >= 0.3 is 0 Å². The second-order valence-corrected chi connectivity index (χ2v) is 4.09. The molecule has 0 radical (unpaired) electrons. The minimum Gasteiger partial charge on any atom is -0.395 e. The minimum absolute atomic E-state index is 0.0399. The lowest BCUT2D eigenvalue weighted by Crippen LogP contribution is -2.35. The molecule has 6 heteroatoms. The van der Waals surface area contributed by atoms with Gasteiger partial charge in [-0.1, -0.05) is 12.1 Å². The average Bonchev–Trinajstić information content (AvgIpc) is 2.35. The van der Waals surface area contributed by atoms with Gasteiger partial charge in [0.15, 0.2) is 0 Å². The number of benzene rings is 1. The zero-order valence-electron chi connectivity index (χ0n) is 10.5. The topological polar surface area (TPSA) is 84.6 Å². The Balaban J connectivity index is 2.67. The molecule has 1 aromatic rings. The lowest BCUT2D eigenvalue weighted by atomic mass is 10.1. The van der Waals surface area contributed by atoms with Crippen LogP contribution >= 0.6 is 0 Å². The van der Waals surface area contributed by atoms with Crippen molar-refractivity contribution >= 4 is 5.69 Å². The van der Waals surface area contributed by atoms with E-state index in [2.05, 4.69) is 5.32 Å². The van der Waals surface area contributed by atoms with E-state index in [1.54, 1.807) is 26.2 Å². The summed E-state index contributed by atoms with van der Waals surface area (Å²) in [7, 11) is 1.56. The first kappa shape index (κ1) is 14.6. The van der Waals surface area contributed by atoms with Crippen LogP contribution in [0.2, 0.25) is 0 Å². The molecule has 0 saturated carbocycles. The number of rotatable bonds is 7. The standard InChI is InChI=1S/C12H18N2O4/c1-9-3-4-10(5-12(9)14(16)17)6-13-11(7-15)8-18-2/h3-5,11,13,15H,6-8H2,1-2H3. The van der Waals surface area contributed by atoms with Crippen molar-refractivity contribution in [2.75, 3.05) is 20.3 Å². The van der Waals surface area contributed by atoms with Gasteiger partial charge in [0.1, 0.15) is 0 Å². The van der Waals surface area contributed by atoms with Gasteiger partial charge in [-0.05, 0) is 12.5 Å². The smallest absolute Gasteiger partial charge is 0.272 e. The van der Waals surface area contributed by atoms with Crippen molar-refractivity contribution in [3.63, 3.8) is 0 Å². The summed E-state index contributed by atoms with van der Waals surface area (Å²) in [5.74, 6) is 0. The Bertz CT molecular complexity index is 409. The molecule has 1 rings (SSSR count). The number of nitrogens with one attached hydrogen (secondary N) is 1. The average molecular weight is 254 g/mol. The van der Waals surface area contributed by atoms with Gasteiger partial charge < -0.3 is 15.2 Å². The fraction of sp³-hybridized carbons (Fsp3) is 0.500. The molecule has 0 aliphatic heterocycles. The number of hydrogen-bond acceptors (Lipinski definition) is 5. The lowest BCUT2D eigenvalue weighted by Gasteiger charge is -2.15. The molecule has 0 amide bonds. The third kappa shape index (κ3) is 4.06. The van der Waals surface area contributed by atoms with Crippen molar-refractivity contribution < 1.29 is 14.8 Å². The second kappa shape index (κ2) is 7.05. The van der Waals surface area contributed by atoms with Crippen LogP contribution in [0.25, 0.3) is 0 Å². The molecule has 0 heterocycles. The highest BCUT2D eigenvalue weighted by atomic mass is 16.6. The number of nitro groups is 1. The van der Waals surface area contributed by atoms with Crippen LogP contribution in [0.15, 0.2) is 18.2 Å². The molecule has 1 unspecified atom stereocenters. The Kier molecular flexibility index (Phi) is 5.70. The molecule has 1 atom stereocenters. The number of aliphatic hydroxyl groups is 1. The highest BCUT2D eigenvalue weighted by molar-refractivity contribution is 5.42. The number of nitro benzene ring substituents is 1. The zero-order chi connectivity index (χ0) is 13.5. The number of hydrogen-bond donors (Lipinski definition) is 2. The molecule has 0 aromatic heterocycles. The minimum atomic E-state index is -0.391. The Hall–Kier alpha value is -1.50. The maximum atomic E-state index is 10.8. The van der Waals surface area contributed by atoms with Crippen LogP contribution in [0.3, 0.4) is 0 Å². The third-order valence-corrected chi connectivity index (χ3v) is 2.65. The molecular weight excluding hydrogens is 236 g/mol. The summed E-state index contributed by atoms with van der Waals surface area (Å²) in [5.41, 5.74) is 1.56. The molecular formula is C12H18N2O4. The number of methoxy groups -OCH3 is 1. The molecule has 0 spiro atoms. The summed E-state index contributed by atoms with van der Waals surface area (Å²) in [6.07, 6.45) is 0. The maximum Gasteiger partial charge on any atom is 0.272 e. The predicted molar refractivity (Wildman–Crippen MR) is 67.4 cm³/mol. The molecule has 0 aliphatic carbocycles. The van der Waals surface area contributed by atoms with Crippen molar-refractivity contribution in [2.24, 2.45) is 0 Å². The number of aryl methyl sites for hydroxylation is 1. The summed E-state index contributed by atoms with van der Waals surface area (Å²) >= 11 is 0. The monoisotopic (exact) mass is 254 g/mol. The molecule has 0 bridgehead atoms. The third-order valence-electron chi connectivity index (χ3n) is 2.65. The van der Waals surface area contributed by atoms with E-state index in [1.807, 2.05) is 6.07 Å². The second-order valence-electron chi connectivity index (χ2n) is 4.09. The number of aliphatic hydroxyl groups excluding tert-OH is 1. The first-order chi connectivity index (χ1) is 8.58. The SMILES string of the molecule is COCC(CO)NCc1ccc(C)c([N+](=O)[O-])c1. The summed E-state index contributed by atoms with van der Waals surface area (Å²) in [4.78, 5) is 10.4. The molecule has 0 aliphatic rings. The van der Waals surface area contributed by atoms with Crippen molar-refractivity contribution in [3.8, 4) is 0 Å². The first-order valence-corrected chi connectivity index (χ1v) is 5.65. The predicted octanol–water partition coefficient (Wildman–Crippen LogP) is 1.00. The van der Waals surface area contributed by atoms with Gasteiger partial charge in [-0.25, -0.2) is 0 Å². The summed E-state index contributed by atoms with van der Waals surface area (Å²) in [6.45, 7) is 2.51. The van der Waals surface area contributed by atoms with E-state index in [0.29, 0.717) is 18.7 Å². The van der Waals surface area contributed by atoms with Crippen LogP contribution in [-0.2, 0) is 11.3 Å². The van der Waals surface area contributed by atoms with Crippen LogP contribution in [0.5, 0.6) is 0 Å². The highest BCUT2D eigenvalue weighted by Crippen LogP contribution is 2.19. The molecule has 0 saturated heterocycles. The van der Waals surface area contributed by atoms with Crippen molar-refractivity contribution in [3.05, 3.63) is 39.4 Å². The van der Waals surface area contributed by atoms with E-state index >= 15 is 0 Å². The molecule has 18 heavy (non-hydrogen) atoms. The maximum absolute atomic E-state index is 10.8. The van der Waals surface area contributed by atoms with E-state index in [9.17, 15) is 10.1 Å². The summed E-state index contributed by atoms with van der Waals surface area (Å²) < 4.78 is 4.93. The van der Waals surface area contributed by atoms with Crippen LogP contribution in [0, 0.1) is 17.0 Å². The Morgan fingerprint density at radius 2 is 2.28 bits per heavy atom. The summed E-state index contributed by atoms with van der Waals surface area (Å²) in [6, 6.07) is 4.93. The van der Waals surface area contributed by atoms with Gasteiger partial charge in [0.25, 0.3) is 5.69 Å². The largest absolute Gasteiger partial charge is 0.395 e. The van der Waals surface area contributed by atoms with Gasteiger partial charge in [0, 0.05) is 25.3 Å². The van der Waals surface area contributed by atoms with E-state index in [4.69, 9.17) is 9.84 Å². The molecule has 0 fully saturated rings. The van der Waals surface area contributed by atoms with E-state index in [-0.39, 0.29) is 18.3 Å². The van der Waals surface area contributed by atoms with Crippen molar-refractivity contribution in [2.45, 2.75) is 19.5 Å². The van der Waals surface area contributed by atoms with Gasteiger partial charge in [-0.3, -0.25) is 10.1 Å². The fourth-order valence-corrected chi connectivity index (χ4v) is 1.60. The quantitative estimate of drug-likeness (QED) is 0.560. The highest BCUT2D eigenvalue weighted by Gasteiger charge is 2.12. The van der Waals surface area contributed by atoms with Crippen LogP contribution < -0.4 is 5.32 Å². The molecule has 100 valence electrons. The molecule has 6 nitrogen and oxygen atoms in total. The Morgan fingerprint density at radius 3 is 2.83 bits per heavy atom. The van der Waals surface area contributed by atoms with Crippen molar-refractivity contribution in [1.29, 1.82) is 0 Å². The van der Waals surface area contributed by atoms with Gasteiger partial charge in [-0.2, -0.15) is 0 Å². The lowest BCUT2D eigenvalue weighted by molar-refractivity contribution is -0.385. The Labute approximate surface area is 106 Å². The molecule has 2 N–H and O–H groups in total. The number of nitrogens with zero attached hydrogens (tertiary/aromatic N) is 1. The van der Waals surface area contributed by atoms with Gasteiger partial charge in [0.2, 0.25) is 0 Å². The van der Waals surface area contributed by atoms with E-state index in [1.165, 1.54) is 0 Å². The first-order valence-electron chi connectivity index (χ1n) is 5.65. The molecule has 1 aromatic carbocycles. The number of ether oxygens (including phenoxy) is 1. The van der Waals surface area contributed by atoms with Gasteiger partial charge in [0.05, 0.1) is 24.2 Å². The summed E-state index contributed by atoms with van der Waals surface area (Å²) in [5, 5.41) is 22.9. The Morgan fingerprint density at radius 1 is 1.56 bits per heavy atom. The van der Waals surface area contributed by atoms with Crippen LogP contribution in [0.1, 0.15) is 11.1 Å². The normalized spacial score (nSPS) is 12.4. The zero-order valence-corrected chi connectivity index (χ0v) is 10.5. The van der Waals surface area contributed by atoms with E-state index in [0.717, 1.165) is 5.56 Å². The van der Waals surface area contributed by atoms with Gasteiger partial charge in [-0.15, -0.1) is 0 Å². The van der Waals surface area contributed by atoms with E-state index < -0.39 is 4.92 Å².